The molecule has 0 saturated heterocycles. The summed E-state index contributed by atoms with van der Waals surface area (Å²) in [5, 5.41) is 19.8. The zero-order valence-corrected chi connectivity index (χ0v) is 18.5. The van der Waals surface area contributed by atoms with E-state index in [1.165, 1.54) is 11.3 Å². The number of anilines is 2. The zero-order chi connectivity index (χ0) is 22.8. The molecule has 2 heterocycles. The highest BCUT2D eigenvalue weighted by Gasteiger charge is 2.11. The molecule has 0 fully saturated rings. The van der Waals surface area contributed by atoms with Crippen LogP contribution in [0.2, 0.25) is 0 Å². The number of hydrogen-bond donors (Lipinski definition) is 3. The Bertz CT molecular complexity index is 1080. The van der Waals surface area contributed by atoms with E-state index >= 15 is 0 Å². The van der Waals surface area contributed by atoms with Gasteiger partial charge in [0.15, 0.2) is 5.13 Å². The molecule has 3 rings (SSSR count). The predicted octanol–water partition coefficient (Wildman–Crippen LogP) is 3.73. The number of carbonyl (C=O) groups excluding carboxylic acids is 2. The molecule has 164 valence electrons. The van der Waals surface area contributed by atoms with E-state index in [-0.39, 0.29) is 24.3 Å². The van der Waals surface area contributed by atoms with Gasteiger partial charge in [0, 0.05) is 35.7 Å². The molecule has 0 bridgehead atoms. The first-order valence-corrected chi connectivity index (χ1v) is 11.1. The van der Waals surface area contributed by atoms with Crippen molar-refractivity contribution in [1.29, 1.82) is 5.26 Å². The average molecular weight is 449 g/mol. The summed E-state index contributed by atoms with van der Waals surface area (Å²) < 4.78 is 0. The minimum Gasteiger partial charge on any atom is -0.352 e. The molecule has 0 aliphatic heterocycles. The lowest BCUT2D eigenvalue weighted by molar-refractivity contribution is -0.121. The molecule has 0 spiro atoms. The molecular formula is C23H24N6O2S. The second-order valence-corrected chi connectivity index (χ2v) is 8.13. The van der Waals surface area contributed by atoms with E-state index in [0.717, 1.165) is 22.1 Å². The van der Waals surface area contributed by atoms with Crippen molar-refractivity contribution in [2.45, 2.75) is 19.8 Å². The van der Waals surface area contributed by atoms with Gasteiger partial charge in [0.1, 0.15) is 6.54 Å². The van der Waals surface area contributed by atoms with Gasteiger partial charge < -0.3 is 16.0 Å². The number of benzene rings is 1. The summed E-state index contributed by atoms with van der Waals surface area (Å²) in [7, 11) is 0. The lowest BCUT2D eigenvalue weighted by atomic mass is 10.0. The number of nitrogens with zero attached hydrogens (tertiary/aromatic N) is 3. The minimum absolute atomic E-state index is 0.0170. The van der Waals surface area contributed by atoms with E-state index in [1.54, 1.807) is 24.5 Å². The van der Waals surface area contributed by atoms with Gasteiger partial charge in [0.2, 0.25) is 5.91 Å². The summed E-state index contributed by atoms with van der Waals surface area (Å²) in [4.78, 5) is 32.6. The number of rotatable bonds is 10. The number of pyridine rings is 1. The van der Waals surface area contributed by atoms with Crippen LogP contribution in [0.3, 0.4) is 0 Å². The highest BCUT2D eigenvalue weighted by Crippen LogP contribution is 2.27. The molecule has 0 saturated carbocycles. The van der Waals surface area contributed by atoms with E-state index in [4.69, 9.17) is 5.26 Å². The second-order valence-electron chi connectivity index (χ2n) is 7.27. The molecular weight excluding hydrogens is 424 g/mol. The SMILES string of the molecule is CC(CCC(=O)NCC#N)CNC(=O)c1ccc(-c2csc(Nc3cccnc3)n2)cc1. The Kier molecular flexibility index (Phi) is 8.29. The van der Waals surface area contributed by atoms with Crippen LogP contribution in [0.1, 0.15) is 30.1 Å². The summed E-state index contributed by atoms with van der Waals surface area (Å²) in [6.45, 7) is 2.46. The minimum atomic E-state index is -0.158. The molecule has 0 aliphatic rings. The maximum absolute atomic E-state index is 12.4. The van der Waals surface area contributed by atoms with Gasteiger partial charge in [-0.3, -0.25) is 14.6 Å². The van der Waals surface area contributed by atoms with E-state index in [0.29, 0.717) is 24.9 Å². The van der Waals surface area contributed by atoms with Crippen LogP contribution < -0.4 is 16.0 Å². The van der Waals surface area contributed by atoms with Crippen molar-refractivity contribution in [2.24, 2.45) is 5.92 Å². The molecule has 1 unspecified atom stereocenters. The van der Waals surface area contributed by atoms with Crippen molar-refractivity contribution in [3.63, 3.8) is 0 Å². The fourth-order valence-electron chi connectivity index (χ4n) is 2.89. The van der Waals surface area contributed by atoms with Gasteiger partial charge in [-0.15, -0.1) is 11.3 Å². The quantitative estimate of drug-likeness (QED) is 0.407. The number of nitrogens with one attached hydrogen (secondary N) is 3. The lowest BCUT2D eigenvalue weighted by Crippen LogP contribution is -2.29. The monoisotopic (exact) mass is 448 g/mol. The van der Waals surface area contributed by atoms with Crippen molar-refractivity contribution in [1.82, 2.24) is 20.6 Å². The fraction of sp³-hybridized carbons (Fsp3) is 0.261. The van der Waals surface area contributed by atoms with Gasteiger partial charge in [-0.25, -0.2) is 4.98 Å². The van der Waals surface area contributed by atoms with Crippen molar-refractivity contribution in [3.05, 3.63) is 59.7 Å². The molecule has 2 amide bonds. The largest absolute Gasteiger partial charge is 0.352 e. The van der Waals surface area contributed by atoms with Crippen LogP contribution in [-0.2, 0) is 4.79 Å². The number of nitriles is 1. The van der Waals surface area contributed by atoms with Gasteiger partial charge in [-0.2, -0.15) is 5.26 Å². The van der Waals surface area contributed by atoms with Crippen molar-refractivity contribution < 1.29 is 9.59 Å². The smallest absolute Gasteiger partial charge is 0.251 e. The van der Waals surface area contributed by atoms with Crippen LogP contribution in [0, 0.1) is 17.2 Å². The number of aromatic nitrogens is 2. The van der Waals surface area contributed by atoms with E-state index in [2.05, 4.69) is 25.9 Å². The van der Waals surface area contributed by atoms with Crippen LogP contribution in [0.15, 0.2) is 54.2 Å². The Balaban J connectivity index is 1.48. The zero-order valence-electron chi connectivity index (χ0n) is 17.7. The Morgan fingerprint density at radius 1 is 1.19 bits per heavy atom. The van der Waals surface area contributed by atoms with Crippen molar-refractivity contribution >= 4 is 34.0 Å². The lowest BCUT2D eigenvalue weighted by Gasteiger charge is -2.12. The van der Waals surface area contributed by atoms with Crippen LogP contribution in [-0.4, -0.2) is 34.9 Å². The maximum Gasteiger partial charge on any atom is 0.251 e. The van der Waals surface area contributed by atoms with Gasteiger partial charge in [0.05, 0.1) is 23.6 Å². The van der Waals surface area contributed by atoms with Crippen molar-refractivity contribution in [3.8, 4) is 17.3 Å². The molecule has 1 atom stereocenters. The van der Waals surface area contributed by atoms with Gasteiger partial charge >= 0.3 is 0 Å². The van der Waals surface area contributed by atoms with Gasteiger partial charge in [-0.1, -0.05) is 19.1 Å². The van der Waals surface area contributed by atoms with Crippen LogP contribution >= 0.6 is 11.3 Å². The first-order valence-electron chi connectivity index (χ1n) is 10.2. The Hall–Kier alpha value is -3.77. The third kappa shape index (κ3) is 6.89. The normalized spacial score (nSPS) is 11.2. The average Bonchev–Trinajstić information content (AvgIpc) is 3.29. The third-order valence-electron chi connectivity index (χ3n) is 4.70. The van der Waals surface area contributed by atoms with Crippen molar-refractivity contribution in [2.75, 3.05) is 18.4 Å². The van der Waals surface area contributed by atoms with E-state index in [9.17, 15) is 9.59 Å². The molecule has 2 aromatic heterocycles. The number of thiazole rings is 1. The van der Waals surface area contributed by atoms with Crippen LogP contribution in [0.25, 0.3) is 11.3 Å². The van der Waals surface area contributed by atoms with E-state index in [1.807, 2.05) is 42.6 Å². The fourth-order valence-corrected chi connectivity index (χ4v) is 3.63. The molecule has 32 heavy (non-hydrogen) atoms. The molecule has 3 aromatic rings. The van der Waals surface area contributed by atoms with Crippen LogP contribution in [0.5, 0.6) is 0 Å². The summed E-state index contributed by atoms with van der Waals surface area (Å²) >= 11 is 1.50. The summed E-state index contributed by atoms with van der Waals surface area (Å²) in [6, 6.07) is 13.0. The van der Waals surface area contributed by atoms with Gasteiger partial charge in [-0.05, 0) is 36.6 Å². The standard InChI is InChI=1S/C23H24N6O2S/c1-16(4-9-21(30)26-12-10-24)13-27-22(31)18-7-5-17(6-8-18)20-15-32-23(29-20)28-19-3-2-11-25-14-19/h2-3,5-8,11,14-16H,4,9,12-13H2,1H3,(H,26,30)(H,27,31)(H,28,29). The highest BCUT2D eigenvalue weighted by molar-refractivity contribution is 7.14. The first-order chi connectivity index (χ1) is 15.5. The number of carbonyl (C=O) groups is 2. The second kappa shape index (κ2) is 11.6. The summed E-state index contributed by atoms with van der Waals surface area (Å²) in [6.07, 6.45) is 4.42. The van der Waals surface area contributed by atoms with Gasteiger partial charge in [0.25, 0.3) is 5.91 Å². The third-order valence-corrected chi connectivity index (χ3v) is 5.46. The molecule has 8 nitrogen and oxygen atoms in total. The number of hydrogen-bond acceptors (Lipinski definition) is 7. The van der Waals surface area contributed by atoms with E-state index < -0.39 is 0 Å². The first kappa shape index (κ1) is 22.9. The number of amides is 2. The maximum atomic E-state index is 12.4. The Labute approximate surface area is 190 Å². The predicted molar refractivity (Wildman–Crippen MR) is 124 cm³/mol. The summed E-state index contributed by atoms with van der Waals surface area (Å²) in [5.41, 5.74) is 3.19. The molecule has 9 heteroatoms. The molecule has 3 N–H and O–H groups in total. The Morgan fingerprint density at radius 2 is 2.00 bits per heavy atom. The topological polar surface area (TPSA) is 120 Å². The van der Waals surface area contributed by atoms with Crippen LogP contribution in [0.4, 0.5) is 10.8 Å². The molecule has 0 aliphatic carbocycles. The molecule has 0 radical (unpaired) electrons. The highest BCUT2D eigenvalue weighted by atomic mass is 32.1. The summed E-state index contributed by atoms with van der Waals surface area (Å²) in [5.74, 6) is -0.164. The Morgan fingerprint density at radius 3 is 2.72 bits per heavy atom. The molecule has 1 aromatic carbocycles.